The number of halogens is 1. The van der Waals surface area contributed by atoms with Gasteiger partial charge in [-0.1, -0.05) is 18.2 Å². The Bertz CT molecular complexity index is 753. The first-order valence-corrected chi connectivity index (χ1v) is 8.28. The molecular formula is C19H21FN2O3. The van der Waals surface area contributed by atoms with Crippen molar-refractivity contribution in [1.29, 1.82) is 0 Å². The summed E-state index contributed by atoms with van der Waals surface area (Å²) in [5, 5.41) is 9.50. The highest BCUT2D eigenvalue weighted by Crippen LogP contribution is 2.26. The first kappa shape index (κ1) is 17.4. The highest BCUT2D eigenvalue weighted by atomic mass is 19.1. The van der Waals surface area contributed by atoms with Crippen molar-refractivity contribution in [2.24, 2.45) is 5.92 Å². The molecule has 1 aromatic carbocycles. The van der Waals surface area contributed by atoms with Gasteiger partial charge in [-0.2, -0.15) is 0 Å². The maximum absolute atomic E-state index is 13.9. The van der Waals surface area contributed by atoms with Gasteiger partial charge in [0.15, 0.2) is 0 Å². The van der Waals surface area contributed by atoms with Crippen LogP contribution >= 0.6 is 0 Å². The van der Waals surface area contributed by atoms with E-state index in [1.807, 2.05) is 6.07 Å². The molecule has 1 fully saturated rings. The molecule has 6 heteroatoms. The number of aromatic hydroxyl groups is 1. The van der Waals surface area contributed by atoms with Gasteiger partial charge in [-0.25, -0.2) is 4.39 Å². The normalized spacial score (nSPS) is 20.5. The van der Waals surface area contributed by atoms with Crippen LogP contribution in [0.5, 0.6) is 5.75 Å². The molecule has 2 atom stereocenters. The molecule has 3 rings (SSSR count). The molecule has 1 aliphatic rings. The third-order valence-corrected chi connectivity index (χ3v) is 4.70. The zero-order chi connectivity index (χ0) is 17.8. The van der Waals surface area contributed by atoms with Gasteiger partial charge in [0, 0.05) is 26.4 Å². The number of piperidine rings is 1. The average Bonchev–Trinajstić information content (AvgIpc) is 2.63. The summed E-state index contributed by atoms with van der Waals surface area (Å²) in [6.07, 6.45) is 3.87. The number of rotatable bonds is 4. The number of carbonyl (C=O) groups excluding carboxylic acids is 1. The average molecular weight is 344 g/mol. The number of methoxy groups -OCH3 is 1. The molecule has 5 nitrogen and oxygen atoms in total. The summed E-state index contributed by atoms with van der Waals surface area (Å²) in [5.41, 5.74) is 1.02. The summed E-state index contributed by atoms with van der Waals surface area (Å²) < 4.78 is 19.5. The smallest absolute Gasteiger partial charge is 0.255 e. The highest BCUT2D eigenvalue weighted by Gasteiger charge is 2.32. The predicted octanol–water partition coefficient (Wildman–Crippen LogP) is 2.65. The minimum Gasteiger partial charge on any atom is -0.506 e. The van der Waals surface area contributed by atoms with Gasteiger partial charge >= 0.3 is 0 Å². The molecule has 0 saturated carbocycles. The fourth-order valence-electron chi connectivity index (χ4n) is 3.32. The van der Waals surface area contributed by atoms with Gasteiger partial charge in [-0.15, -0.1) is 0 Å². The van der Waals surface area contributed by atoms with E-state index in [0.717, 1.165) is 6.42 Å². The van der Waals surface area contributed by atoms with E-state index in [4.69, 9.17) is 4.74 Å². The van der Waals surface area contributed by atoms with Crippen LogP contribution in [-0.4, -0.2) is 47.2 Å². The van der Waals surface area contributed by atoms with Gasteiger partial charge in [0.1, 0.15) is 11.6 Å². The lowest BCUT2D eigenvalue weighted by Gasteiger charge is -2.38. The Labute approximate surface area is 146 Å². The fraction of sp³-hybridized carbons (Fsp3) is 0.368. The molecule has 2 aromatic rings. The van der Waals surface area contributed by atoms with Crippen LogP contribution in [0.25, 0.3) is 0 Å². The maximum Gasteiger partial charge on any atom is 0.255 e. The minimum atomic E-state index is -0.207. The lowest BCUT2D eigenvalue weighted by molar-refractivity contribution is -0.00719. The van der Waals surface area contributed by atoms with E-state index in [1.165, 1.54) is 24.5 Å². The van der Waals surface area contributed by atoms with E-state index in [2.05, 4.69) is 4.98 Å². The lowest BCUT2D eigenvalue weighted by atomic mass is 9.87. The second-order valence-corrected chi connectivity index (χ2v) is 6.30. The predicted molar refractivity (Wildman–Crippen MR) is 90.8 cm³/mol. The minimum absolute atomic E-state index is 0.0384. The molecule has 132 valence electrons. The molecule has 1 aliphatic heterocycles. The molecule has 2 heterocycles. The zero-order valence-corrected chi connectivity index (χ0v) is 14.1. The Hall–Kier alpha value is -2.47. The highest BCUT2D eigenvalue weighted by molar-refractivity contribution is 5.94. The number of carbonyl (C=O) groups is 1. The van der Waals surface area contributed by atoms with Crippen LogP contribution in [0.2, 0.25) is 0 Å². The molecule has 25 heavy (non-hydrogen) atoms. The van der Waals surface area contributed by atoms with Crippen LogP contribution in [0.1, 0.15) is 22.3 Å². The summed E-state index contributed by atoms with van der Waals surface area (Å²) in [5.74, 6) is -0.284. The van der Waals surface area contributed by atoms with Crippen LogP contribution in [0.15, 0.2) is 42.7 Å². The van der Waals surface area contributed by atoms with Crippen molar-refractivity contribution >= 4 is 5.91 Å². The van der Waals surface area contributed by atoms with Gasteiger partial charge in [0.25, 0.3) is 5.91 Å². The van der Waals surface area contributed by atoms with Gasteiger partial charge in [-0.3, -0.25) is 9.78 Å². The summed E-state index contributed by atoms with van der Waals surface area (Å²) >= 11 is 0. The van der Waals surface area contributed by atoms with Crippen LogP contribution in [0.3, 0.4) is 0 Å². The number of pyridine rings is 1. The van der Waals surface area contributed by atoms with Crippen molar-refractivity contribution in [3.05, 3.63) is 59.7 Å². The van der Waals surface area contributed by atoms with Crippen LogP contribution < -0.4 is 0 Å². The lowest BCUT2D eigenvalue weighted by Crippen LogP contribution is -2.48. The number of nitrogens with zero attached hydrogens (tertiary/aromatic N) is 2. The number of likely N-dealkylation sites (tertiary alicyclic amines) is 1. The number of hydrogen-bond donors (Lipinski definition) is 1. The van der Waals surface area contributed by atoms with Gasteiger partial charge in [-0.05, 0) is 36.5 Å². The monoisotopic (exact) mass is 344 g/mol. The molecule has 0 radical (unpaired) electrons. The SMILES string of the molecule is CO[C@H]1CN(C(=O)c2cncc(O)c2)CC[C@@H]1Cc1ccccc1F. The molecule has 1 saturated heterocycles. The topological polar surface area (TPSA) is 62.7 Å². The van der Waals surface area contributed by atoms with Crippen LogP contribution in [-0.2, 0) is 11.2 Å². The van der Waals surface area contributed by atoms with Crippen molar-refractivity contribution in [2.45, 2.75) is 18.9 Å². The number of hydrogen-bond acceptors (Lipinski definition) is 4. The quantitative estimate of drug-likeness (QED) is 0.926. The molecule has 1 aromatic heterocycles. The van der Waals surface area contributed by atoms with E-state index < -0.39 is 0 Å². The molecule has 0 unspecified atom stereocenters. The third kappa shape index (κ3) is 3.96. The van der Waals surface area contributed by atoms with E-state index in [-0.39, 0.29) is 29.5 Å². The molecular weight excluding hydrogens is 323 g/mol. The largest absolute Gasteiger partial charge is 0.506 e. The molecule has 0 spiro atoms. The zero-order valence-electron chi connectivity index (χ0n) is 14.1. The first-order valence-electron chi connectivity index (χ1n) is 8.28. The van der Waals surface area contributed by atoms with Gasteiger partial charge in [0.2, 0.25) is 0 Å². The summed E-state index contributed by atoms with van der Waals surface area (Å²) in [6.45, 7) is 0.998. The van der Waals surface area contributed by atoms with E-state index >= 15 is 0 Å². The Morgan fingerprint density at radius 2 is 2.20 bits per heavy atom. The van der Waals surface area contributed by atoms with E-state index in [1.54, 1.807) is 24.1 Å². The van der Waals surface area contributed by atoms with E-state index in [9.17, 15) is 14.3 Å². The molecule has 1 N–H and O–H groups in total. The standard InChI is InChI=1S/C19H21FN2O3/c1-25-18-12-22(19(24)15-9-16(23)11-21-10-15)7-6-14(18)8-13-4-2-3-5-17(13)20/h2-5,9-11,14,18,23H,6-8,12H2,1H3/t14-,18+/m1/s1. The summed E-state index contributed by atoms with van der Waals surface area (Å²) in [6, 6.07) is 8.16. The number of ether oxygens (including phenoxy) is 1. The van der Waals surface area contributed by atoms with Crippen molar-refractivity contribution in [2.75, 3.05) is 20.2 Å². The number of benzene rings is 1. The van der Waals surface area contributed by atoms with Crippen LogP contribution in [0, 0.1) is 11.7 Å². The Morgan fingerprint density at radius 3 is 2.92 bits per heavy atom. The summed E-state index contributed by atoms with van der Waals surface area (Å²) in [4.78, 5) is 18.1. The fourth-order valence-corrected chi connectivity index (χ4v) is 3.32. The Balaban J connectivity index is 1.69. The van der Waals surface area contributed by atoms with Gasteiger partial charge < -0.3 is 14.7 Å². The Morgan fingerprint density at radius 1 is 1.40 bits per heavy atom. The Kier molecular flexibility index (Phi) is 5.28. The van der Waals surface area contributed by atoms with E-state index in [0.29, 0.717) is 30.6 Å². The molecule has 0 bridgehead atoms. The molecule has 0 aliphatic carbocycles. The number of amides is 1. The second-order valence-electron chi connectivity index (χ2n) is 6.30. The van der Waals surface area contributed by atoms with Crippen LogP contribution in [0.4, 0.5) is 4.39 Å². The van der Waals surface area contributed by atoms with Crippen molar-refractivity contribution in [3.63, 3.8) is 0 Å². The van der Waals surface area contributed by atoms with Crippen molar-refractivity contribution < 1.29 is 19.0 Å². The maximum atomic E-state index is 13.9. The third-order valence-electron chi connectivity index (χ3n) is 4.70. The molecule has 1 amide bonds. The van der Waals surface area contributed by atoms with Crippen molar-refractivity contribution in [1.82, 2.24) is 9.88 Å². The van der Waals surface area contributed by atoms with Gasteiger partial charge in [0.05, 0.1) is 17.9 Å². The summed E-state index contributed by atoms with van der Waals surface area (Å²) in [7, 11) is 1.61. The van der Waals surface area contributed by atoms with Crippen molar-refractivity contribution in [3.8, 4) is 5.75 Å². The first-order chi connectivity index (χ1) is 12.1. The number of aromatic nitrogens is 1. The second kappa shape index (κ2) is 7.61.